The Bertz CT molecular complexity index is 1130. The van der Waals surface area contributed by atoms with E-state index in [0.29, 0.717) is 28.3 Å². The Morgan fingerprint density at radius 2 is 1.93 bits per heavy atom. The zero-order chi connectivity index (χ0) is 21.2. The Balaban J connectivity index is 1.85. The highest BCUT2D eigenvalue weighted by molar-refractivity contribution is 7.90. The number of pyridine rings is 1. The molecule has 152 valence electrons. The standard InChI is InChI=1S/C21H22ClN3O3S/c1-14-12-18(25-19(14)20(26)15-5-7-17(22)8-6-15)9-10-21(2,29(23,27)28)16-4-3-11-24-13-16/h3-8,11-13,25H,9-10H2,1-2H3,(H2,23,27,28). The molecular weight excluding hydrogens is 410 g/mol. The molecule has 0 aliphatic carbocycles. The van der Waals surface area contributed by atoms with Gasteiger partial charge in [0, 0.05) is 28.7 Å². The summed E-state index contributed by atoms with van der Waals surface area (Å²) in [6.07, 6.45) is 3.73. The molecular formula is C21H22ClN3O3S. The van der Waals surface area contributed by atoms with Crippen LogP contribution in [-0.2, 0) is 21.2 Å². The molecule has 0 amide bonds. The minimum Gasteiger partial charge on any atom is -0.355 e. The van der Waals surface area contributed by atoms with Crippen molar-refractivity contribution in [2.24, 2.45) is 5.14 Å². The van der Waals surface area contributed by atoms with E-state index < -0.39 is 14.8 Å². The normalized spacial score (nSPS) is 13.8. The third-order valence-electron chi connectivity index (χ3n) is 5.18. The van der Waals surface area contributed by atoms with Gasteiger partial charge in [-0.2, -0.15) is 0 Å². The number of ketones is 1. The first kappa shape index (κ1) is 21.2. The van der Waals surface area contributed by atoms with Gasteiger partial charge in [0.1, 0.15) is 4.75 Å². The van der Waals surface area contributed by atoms with Gasteiger partial charge in [-0.05, 0) is 74.2 Å². The van der Waals surface area contributed by atoms with E-state index in [0.717, 1.165) is 11.3 Å². The van der Waals surface area contributed by atoms with E-state index in [-0.39, 0.29) is 12.2 Å². The maximum atomic E-state index is 12.8. The molecule has 2 heterocycles. The van der Waals surface area contributed by atoms with Crippen molar-refractivity contribution in [3.63, 3.8) is 0 Å². The summed E-state index contributed by atoms with van der Waals surface area (Å²) >= 11 is 5.89. The van der Waals surface area contributed by atoms with Crippen LogP contribution in [0.3, 0.4) is 0 Å². The average Bonchev–Trinajstić information content (AvgIpc) is 3.06. The fraction of sp³-hybridized carbons (Fsp3) is 0.238. The number of halogens is 1. The first-order chi connectivity index (χ1) is 13.6. The molecule has 8 heteroatoms. The van der Waals surface area contributed by atoms with E-state index in [1.165, 1.54) is 6.20 Å². The van der Waals surface area contributed by atoms with Gasteiger partial charge in [-0.1, -0.05) is 17.7 Å². The molecule has 2 aromatic heterocycles. The first-order valence-corrected chi connectivity index (χ1v) is 11.0. The van der Waals surface area contributed by atoms with Crippen molar-refractivity contribution in [3.8, 4) is 0 Å². The number of aromatic amines is 1. The lowest BCUT2D eigenvalue weighted by molar-refractivity contribution is 0.103. The number of hydrogen-bond acceptors (Lipinski definition) is 4. The molecule has 0 bridgehead atoms. The van der Waals surface area contributed by atoms with Crippen molar-refractivity contribution in [1.29, 1.82) is 0 Å². The van der Waals surface area contributed by atoms with Crippen LogP contribution in [0.25, 0.3) is 0 Å². The van der Waals surface area contributed by atoms with Gasteiger partial charge in [-0.15, -0.1) is 0 Å². The van der Waals surface area contributed by atoms with Gasteiger partial charge in [0.05, 0.1) is 5.69 Å². The molecule has 1 unspecified atom stereocenters. The summed E-state index contributed by atoms with van der Waals surface area (Å²) in [5, 5.41) is 6.11. The Morgan fingerprint density at radius 1 is 1.24 bits per heavy atom. The zero-order valence-electron chi connectivity index (χ0n) is 16.1. The van der Waals surface area contributed by atoms with E-state index >= 15 is 0 Å². The topological polar surface area (TPSA) is 106 Å². The number of primary sulfonamides is 1. The summed E-state index contributed by atoms with van der Waals surface area (Å²) in [6, 6.07) is 11.9. The molecule has 0 saturated heterocycles. The van der Waals surface area contributed by atoms with Crippen LogP contribution in [0.15, 0.2) is 54.9 Å². The van der Waals surface area contributed by atoms with E-state index in [9.17, 15) is 13.2 Å². The number of aryl methyl sites for hydroxylation is 2. The van der Waals surface area contributed by atoms with E-state index in [2.05, 4.69) is 9.97 Å². The average molecular weight is 432 g/mol. The number of nitrogens with zero attached hydrogens (tertiary/aromatic N) is 1. The second-order valence-electron chi connectivity index (χ2n) is 7.21. The highest BCUT2D eigenvalue weighted by Gasteiger charge is 2.38. The highest BCUT2D eigenvalue weighted by atomic mass is 35.5. The third-order valence-corrected chi connectivity index (χ3v) is 7.12. The second kappa shape index (κ2) is 8.10. The van der Waals surface area contributed by atoms with Crippen molar-refractivity contribution in [3.05, 3.63) is 88.0 Å². The minimum atomic E-state index is -3.89. The maximum absolute atomic E-state index is 12.8. The predicted octanol–water partition coefficient (Wildman–Crippen LogP) is 3.74. The van der Waals surface area contributed by atoms with Gasteiger partial charge < -0.3 is 4.98 Å². The third kappa shape index (κ3) is 4.42. The zero-order valence-corrected chi connectivity index (χ0v) is 17.7. The Kier molecular flexibility index (Phi) is 5.93. The maximum Gasteiger partial charge on any atom is 0.218 e. The number of carbonyl (C=O) groups is 1. The molecule has 1 aromatic carbocycles. The SMILES string of the molecule is Cc1cc(CCC(C)(c2cccnc2)S(N)(=O)=O)[nH]c1C(=O)c1ccc(Cl)cc1. The molecule has 0 spiro atoms. The summed E-state index contributed by atoms with van der Waals surface area (Å²) in [5.41, 5.74) is 3.08. The van der Waals surface area contributed by atoms with Crippen molar-refractivity contribution < 1.29 is 13.2 Å². The van der Waals surface area contributed by atoms with Crippen LogP contribution in [0.4, 0.5) is 0 Å². The number of rotatable bonds is 7. The number of hydrogen-bond donors (Lipinski definition) is 2. The molecule has 0 radical (unpaired) electrons. The van der Waals surface area contributed by atoms with Gasteiger partial charge in [-0.25, -0.2) is 13.6 Å². The number of nitrogens with two attached hydrogens (primary N) is 1. The summed E-state index contributed by atoms with van der Waals surface area (Å²) < 4.78 is 23.4. The van der Waals surface area contributed by atoms with Gasteiger partial charge >= 0.3 is 0 Å². The molecule has 3 N–H and O–H groups in total. The first-order valence-electron chi connectivity index (χ1n) is 9.03. The lowest BCUT2D eigenvalue weighted by atomic mass is 9.95. The van der Waals surface area contributed by atoms with Crippen molar-refractivity contribution >= 4 is 27.4 Å². The number of benzene rings is 1. The van der Waals surface area contributed by atoms with Gasteiger partial charge in [0.15, 0.2) is 0 Å². The molecule has 6 nitrogen and oxygen atoms in total. The molecule has 0 aliphatic rings. The van der Waals surface area contributed by atoms with E-state index in [1.54, 1.807) is 49.5 Å². The minimum absolute atomic E-state index is 0.146. The molecule has 0 fully saturated rings. The second-order valence-corrected chi connectivity index (χ2v) is 9.63. The summed E-state index contributed by atoms with van der Waals surface area (Å²) in [4.78, 5) is 19.9. The molecule has 0 aliphatic heterocycles. The summed E-state index contributed by atoms with van der Waals surface area (Å²) in [6.45, 7) is 3.43. The summed E-state index contributed by atoms with van der Waals surface area (Å²) in [5.74, 6) is -0.146. The largest absolute Gasteiger partial charge is 0.355 e. The highest BCUT2D eigenvalue weighted by Crippen LogP contribution is 2.33. The molecule has 3 rings (SSSR count). The van der Waals surface area contributed by atoms with Gasteiger partial charge in [0.2, 0.25) is 15.8 Å². The molecule has 29 heavy (non-hydrogen) atoms. The number of carbonyl (C=O) groups excluding carboxylic acids is 1. The number of sulfonamides is 1. The van der Waals surface area contributed by atoms with Gasteiger partial charge in [-0.3, -0.25) is 9.78 Å². The molecule has 1 atom stereocenters. The number of aromatic nitrogens is 2. The molecule has 3 aromatic rings. The van der Waals surface area contributed by atoms with Crippen LogP contribution in [0.5, 0.6) is 0 Å². The number of H-pyrrole nitrogens is 1. The Morgan fingerprint density at radius 3 is 2.52 bits per heavy atom. The lowest BCUT2D eigenvalue weighted by Crippen LogP contribution is -2.38. The quantitative estimate of drug-likeness (QED) is 0.555. The Labute approximate surface area is 175 Å². The van der Waals surface area contributed by atoms with Gasteiger partial charge in [0.25, 0.3) is 0 Å². The Hall–Kier alpha value is -2.48. The lowest BCUT2D eigenvalue weighted by Gasteiger charge is -2.27. The van der Waals surface area contributed by atoms with Crippen LogP contribution in [-0.4, -0.2) is 24.2 Å². The van der Waals surface area contributed by atoms with Crippen LogP contribution < -0.4 is 5.14 Å². The smallest absolute Gasteiger partial charge is 0.218 e. The monoisotopic (exact) mass is 431 g/mol. The number of nitrogens with one attached hydrogen (secondary N) is 1. The van der Waals surface area contributed by atoms with Crippen molar-refractivity contribution in [1.82, 2.24) is 9.97 Å². The van der Waals surface area contributed by atoms with E-state index in [1.807, 2.05) is 13.0 Å². The summed E-state index contributed by atoms with van der Waals surface area (Å²) in [7, 11) is -3.89. The van der Waals surface area contributed by atoms with Crippen LogP contribution in [0, 0.1) is 6.92 Å². The van der Waals surface area contributed by atoms with Crippen LogP contribution in [0.1, 0.15) is 46.2 Å². The van der Waals surface area contributed by atoms with Crippen LogP contribution in [0.2, 0.25) is 5.02 Å². The van der Waals surface area contributed by atoms with E-state index in [4.69, 9.17) is 16.7 Å². The van der Waals surface area contributed by atoms with Crippen molar-refractivity contribution in [2.45, 2.75) is 31.4 Å². The fourth-order valence-corrected chi connectivity index (χ4v) is 4.21. The van der Waals surface area contributed by atoms with Crippen molar-refractivity contribution in [2.75, 3.05) is 0 Å². The fourth-order valence-electron chi connectivity index (χ4n) is 3.24. The van der Waals surface area contributed by atoms with Crippen LogP contribution >= 0.6 is 11.6 Å². The predicted molar refractivity (Wildman–Crippen MR) is 113 cm³/mol. The molecule has 0 saturated carbocycles.